The topological polar surface area (TPSA) is 123 Å². The maximum absolute atomic E-state index is 6.10. The van der Waals surface area contributed by atoms with E-state index < -0.39 is 0 Å². The number of nitrogens with zero attached hydrogens (tertiary/aromatic N) is 7. The first kappa shape index (κ1) is 20.5. The largest absolute Gasteiger partial charge is 0.461 e. The van der Waals surface area contributed by atoms with Gasteiger partial charge in [0.2, 0.25) is 17.7 Å². The molecule has 0 radical (unpaired) electrons. The van der Waals surface area contributed by atoms with E-state index in [4.69, 9.17) is 15.1 Å². The van der Waals surface area contributed by atoms with Crippen molar-refractivity contribution < 1.29 is 4.42 Å². The van der Waals surface area contributed by atoms with Gasteiger partial charge in [-0.25, -0.2) is 0 Å². The molecule has 1 fully saturated rings. The molecule has 34 heavy (non-hydrogen) atoms. The highest BCUT2D eigenvalue weighted by Gasteiger charge is 2.21. The molecule has 0 spiro atoms. The van der Waals surface area contributed by atoms with Gasteiger partial charge in [-0.15, -0.1) is 5.10 Å². The first-order valence-electron chi connectivity index (χ1n) is 11.5. The minimum absolute atomic E-state index is 0.227. The summed E-state index contributed by atoms with van der Waals surface area (Å²) in [6.07, 6.45) is 3.88. The smallest absolute Gasteiger partial charge is 0.259 e. The Hall–Kier alpha value is -4.05. The zero-order valence-electron chi connectivity index (χ0n) is 18.6. The third-order valence-corrected chi connectivity index (χ3v) is 6.17. The number of likely N-dealkylation sites (tertiary alicyclic amines) is 1. The number of piperidine rings is 1. The molecule has 0 bridgehead atoms. The summed E-state index contributed by atoms with van der Waals surface area (Å²) in [6.45, 7) is 3.69. The summed E-state index contributed by atoms with van der Waals surface area (Å²) in [6, 6.07) is 16.1. The Kier molecular flexibility index (Phi) is 5.27. The molecule has 6 rings (SSSR count). The Labute approximate surface area is 195 Å². The number of fused-ring (bicyclic) bond motifs is 2. The lowest BCUT2D eigenvalue weighted by Gasteiger charge is -2.32. The van der Waals surface area contributed by atoms with Gasteiger partial charge in [0, 0.05) is 25.0 Å². The van der Waals surface area contributed by atoms with Crippen LogP contribution in [0.15, 0.2) is 59.2 Å². The van der Waals surface area contributed by atoms with Gasteiger partial charge >= 0.3 is 0 Å². The van der Waals surface area contributed by atoms with Crippen LogP contribution < -0.4 is 11.1 Å². The summed E-state index contributed by atoms with van der Waals surface area (Å²) in [7, 11) is 0. The average Bonchev–Trinajstić information content (AvgIpc) is 3.53. The number of benzene rings is 1. The number of aromatic nitrogens is 6. The van der Waals surface area contributed by atoms with Crippen LogP contribution in [0.4, 0.5) is 11.9 Å². The second-order valence-corrected chi connectivity index (χ2v) is 8.65. The molecule has 3 N–H and O–H groups in total. The number of nitrogens with one attached hydrogen (secondary N) is 1. The number of nitrogens with two attached hydrogens (primary N) is 1. The van der Waals surface area contributed by atoms with E-state index in [0.29, 0.717) is 29.2 Å². The van der Waals surface area contributed by atoms with Gasteiger partial charge < -0.3 is 15.5 Å². The lowest BCUT2D eigenvalue weighted by molar-refractivity contribution is 0.171. The minimum Gasteiger partial charge on any atom is -0.461 e. The quantitative estimate of drug-likeness (QED) is 0.397. The van der Waals surface area contributed by atoms with Crippen LogP contribution in [0.2, 0.25) is 0 Å². The lowest BCUT2D eigenvalue weighted by atomic mass is 9.98. The maximum Gasteiger partial charge on any atom is 0.259 e. The second-order valence-electron chi connectivity index (χ2n) is 8.65. The van der Waals surface area contributed by atoms with Crippen molar-refractivity contribution in [3.8, 4) is 11.6 Å². The van der Waals surface area contributed by atoms with Crippen LogP contribution in [0.5, 0.6) is 0 Å². The molecule has 5 aromatic rings. The van der Waals surface area contributed by atoms with Crippen LogP contribution >= 0.6 is 0 Å². The summed E-state index contributed by atoms with van der Waals surface area (Å²) in [5.74, 6) is 2.53. The van der Waals surface area contributed by atoms with Gasteiger partial charge in [-0.1, -0.05) is 24.3 Å². The van der Waals surface area contributed by atoms with E-state index in [0.717, 1.165) is 50.2 Å². The summed E-state index contributed by atoms with van der Waals surface area (Å²) in [5, 5.41) is 8.86. The van der Waals surface area contributed by atoms with Crippen LogP contribution in [0.25, 0.3) is 28.3 Å². The molecule has 1 aliphatic rings. The maximum atomic E-state index is 6.10. The molecule has 10 heteroatoms. The lowest BCUT2D eigenvalue weighted by Crippen LogP contribution is -2.38. The first-order valence-corrected chi connectivity index (χ1v) is 11.5. The summed E-state index contributed by atoms with van der Waals surface area (Å²) < 4.78 is 6.79. The summed E-state index contributed by atoms with van der Waals surface area (Å²) in [5.41, 5.74) is 8.25. The van der Waals surface area contributed by atoms with E-state index in [1.54, 1.807) is 18.4 Å². The Morgan fingerprint density at radius 3 is 2.88 bits per heavy atom. The van der Waals surface area contributed by atoms with E-state index >= 15 is 0 Å². The van der Waals surface area contributed by atoms with Crippen LogP contribution in [0.1, 0.15) is 18.5 Å². The van der Waals surface area contributed by atoms with Gasteiger partial charge in [0.25, 0.3) is 5.78 Å². The third-order valence-electron chi connectivity index (χ3n) is 6.17. The molecule has 1 saturated heterocycles. The summed E-state index contributed by atoms with van der Waals surface area (Å²) >= 11 is 0. The van der Waals surface area contributed by atoms with Crippen LogP contribution in [-0.2, 0) is 6.54 Å². The fraction of sp³-hybridized carbons (Fsp3) is 0.292. The number of hydrogen-bond donors (Lipinski definition) is 2. The van der Waals surface area contributed by atoms with Crippen molar-refractivity contribution in [1.82, 2.24) is 34.4 Å². The highest BCUT2D eigenvalue weighted by Crippen LogP contribution is 2.21. The molecular formula is C24H25N9O. The molecule has 0 amide bonds. The molecule has 4 aromatic heterocycles. The molecule has 10 nitrogen and oxygen atoms in total. The molecule has 1 atom stereocenters. The fourth-order valence-electron chi connectivity index (χ4n) is 4.52. The van der Waals surface area contributed by atoms with Crippen molar-refractivity contribution in [2.75, 3.05) is 30.7 Å². The fourth-order valence-corrected chi connectivity index (χ4v) is 4.52. The number of rotatable bonds is 6. The normalized spacial score (nSPS) is 16.9. The Balaban J connectivity index is 1.11. The van der Waals surface area contributed by atoms with Gasteiger partial charge in [-0.05, 0) is 49.6 Å². The van der Waals surface area contributed by atoms with Gasteiger partial charge in [-0.2, -0.15) is 19.5 Å². The number of pyridine rings is 1. The van der Waals surface area contributed by atoms with Gasteiger partial charge in [0.05, 0.1) is 17.5 Å². The van der Waals surface area contributed by atoms with E-state index in [9.17, 15) is 0 Å². The first-order chi connectivity index (χ1) is 16.7. The minimum atomic E-state index is 0.227. The average molecular weight is 456 g/mol. The molecule has 1 unspecified atom stereocenters. The number of hydrogen-bond acceptors (Lipinski definition) is 9. The van der Waals surface area contributed by atoms with E-state index in [2.05, 4.69) is 54.5 Å². The standard InChI is InChI=1S/C24H25N9O/c25-22-29-23(30-24-28-21(31-33(22)24)20-8-4-12-34-20)26-13-16-5-3-11-32(14-16)15-18-10-9-17-6-1-2-7-19(17)27-18/h1-2,4,6-10,12,16H,3,5,11,13-15H2,(H3,25,26,28,29,30,31). The van der Waals surface area contributed by atoms with E-state index in [1.165, 1.54) is 9.90 Å². The molecular weight excluding hydrogens is 430 g/mol. The number of nitrogen functional groups attached to an aromatic ring is 1. The number of para-hydroxylation sites is 1. The highest BCUT2D eigenvalue weighted by molar-refractivity contribution is 5.78. The van der Waals surface area contributed by atoms with Crippen molar-refractivity contribution in [3.05, 3.63) is 60.5 Å². The number of furan rings is 1. The Morgan fingerprint density at radius 1 is 1.03 bits per heavy atom. The molecule has 5 heterocycles. The van der Waals surface area contributed by atoms with Crippen LogP contribution in [0.3, 0.4) is 0 Å². The molecule has 1 aliphatic heterocycles. The van der Waals surface area contributed by atoms with Crippen molar-refractivity contribution >= 4 is 28.6 Å². The number of anilines is 2. The third kappa shape index (κ3) is 4.15. The van der Waals surface area contributed by atoms with Gasteiger partial charge in [-0.3, -0.25) is 9.88 Å². The molecule has 1 aromatic carbocycles. The highest BCUT2D eigenvalue weighted by atomic mass is 16.3. The van der Waals surface area contributed by atoms with Crippen molar-refractivity contribution in [2.24, 2.45) is 5.92 Å². The van der Waals surface area contributed by atoms with E-state index in [1.807, 2.05) is 12.1 Å². The van der Waals surface area contributed by atoms with Crippen molar-refractivity contribution in [2.45, 2.75) is 19.4 Å². The SMILES string of the molecule is Nc1nc(NCC2CCCN(Cc3ccc4ccccc4n3)C2)nc2nc(-c3ccco3)nn12. The van der Waals surface area contributed by atoms with Gasteiger partial charge in [0.1, 0.15) is 0 Å². The molecule has 172 valence electrons. The predicted octanol–water partition coefficient (Wildman–Crippen LogP) is 3.23. The van der Waals surface area contributed by atoms with Crippen LogP contribution in [0, 0.1) is 5.92 Å². The van der Waals surface area contributed by atoms with E-state index in [-0.39, 0.29) is 5.95 Å². The van der Waals surface area contributed by atoms with Crippen molar-refractivity contribution in [1.29, 1.82) is 0 Å². The Morgan fingerprint density at radius 2 is 1.97 bits per heavy atom. The molecule has 0 aliphatic carbocycles. The summed E-state index contributed by atoms with van der Waals surface area (Å²) in [4.78, 5) is 20.6. The van der Waals surface area contributed by atoms with Crippen LogP contribution in [-0.4, -0.2) is 54.1 Å². The van der Waals surface area contributed by atoms with Crippen molar-refractivity contribution in [3.63, 3.8) is 0 Å². The second kappa shape index (κ2) is 8.71. The Bertz CT molecular complexity index is 1430. The predicted molar refractivity (Wildman–Crippen MR) is 129 cm³/mol. The molecule has 0 saturated carbocycles. The zero-order valence-corrected chi connectivity index (χ0v) is 18.6. The van der Waals surface area contributed by atoms with Gasteiger partial charge in [0.15, 0.2) is 5.76 Å². The monoisotopic (exact) mass is 455 g/mol. The zero-order chi connectivity index (χ0) is 22.9.